The fourth-order valence-electron chi connectivity index (χ4n) is 4.98. The van der Waals surface area contributed by atoms with Crippen molar-refractivity contribution in [3.8, 4) is 5.75 Å². The number of hydrogen-bond donors (Lipinski definition) is 2. The summed E-state index contributed by atoms with van der Waals surface area (Å²) in [5, 5.41) is 6.76. The van der Waals surface area contributed by atoms with Crippen molar-refractivity contribution in [1.29, 1.82) is 0 Å². The lowest BCUT2D eigenvalue weighted by Gasteiger charge is -2.42. The number of nitrogens with zero attached hydrogens (tertiary/aromatic N) is 4. The van der Waals surface area contributed by atoms with E-state index in [4.69, 9.17) is 21.1 Å². The van der Waals surface area contributed by atoms with E-state index in [0.717, 1.165) is 32.5 Å². The van der Waals surface area contributed by atoms with Crippen molar-refractivity contribution in [2.45, 2.75) is 18.9 Å². The van der Waals surface area contributed by atoms with Gasteiger partial charge in [0.2, 0.25) is 5.91 Å². The van der Waals surface area contributed by atoms with E-state index in [1.807, 2.05) is 6.08 Å². The van der Waals surface area contributed by atoms with Gasteiger partial charge in [0.1, 0.15) is 30.3 Å². The van der Waals surface area contributed by atoms with Crippen molar-refractivity contribution in [1.82, 2.24) is 19.8 Å². The molecule has 0 spiro atoms. The molecule has 1 unspecified atom stereocenters. The van der Waals surface area contributed by atoms with Crippen LogP contribution in [0.1, 0.15) is 12.8 Å². The number of cyclic esters (lactones) is 1. The lowest BCUT2D eigenvalue weighted by atomic mass is 10.1. The monoisotopic (exact) mass is 580 g/mol. The predicted octanol–water partition coefficient (Wildman–Crippen LogP) is 3.99. The van der Waals surface area contributed by atoms with Gasteiger partial charge in [0.05, 0.1) is 35.4 Å². The summed E-state index contributed by atoms with van der Waals surface area (Å²) in [7, 11) is 0. The first kappa shape index (κ1) is 27.4. The summed E-state index contributed by atoms with van der Waals surface area (Å²) in [6.07, 6.45) is 7.04. The third-order valence-corrected chi connectivity index (χ3v) is 7.73. The SMILES string of the molecule is O=C(C=CCN1CCN2CC(=O)OCC2C1)Nc1cc2c(Nc3ccc(F)c(Cl)c3)ncnc2cc1OCC1CC1. The van der Waals surface area contributed by atoms with E-state index in [1.165, 1.54) is 24.5 Å². The van der Waals surface area contributed by atoms with Crippen LogP contribution in [0.4, 0.5) is 21.6 Å². The average Bonchev–Trinajstić information content (AvgIpc) is 3.79. The maximum Gasteiger partial charge on any atom is 0.320 e. The maximum absolute atomic E-state index is 13.7. The van der Waals surface area contributed by atoms with E-state index in [9.17, 15) is 14.0 Å². The zero-order valence-corrected chi connectivity index (χ0v) is 23.1. The molecule has 1 atom stereocenters. The van der Waals surface area contributed by atoms with Gasteiger partial charge in [-0.2, -0.15) is 0 Å². The van der Waals surface area contributed by atoms with E-state index >= 15 is 0 Å². The van der Waals surface area contributed by atoms with E-state index in [1.54, 1.807) is 18.2 Å². The van der Waals surface area contributed by atoms with Crippen LogP contribution in [0.3, 0.4) is 0 Å². The molecule has 3 aromatic rings. The number of carbonyl (C=O) groups is 2. The van der Waals surface area contributed by atoms with Crippen molar-refractivity contribution in [3.63, 3.8) is 0 Å². The highest BCUT2D eigenvalue weighted by atomic mass is 35.5. The predicted molar refractivity (Wildman–Crippen MR) is 153 cm³/mol. The Labute approximate surface area is 241 Å². The number of amides is 1. The number of ether oxygens (including phenoxy) is 2. The highest BCUT2D eigenvalue weighted by Crippen LogP contribution is 2.36. The minimum atomic E-state index is -0.512. The second kappa shape index (κ2) is 12.0. The zero-order chi connectivity index (χ0) is 28.3. The summed E-state index contributed by atoms with van der Waals surface area (Å²) in [5.41, 5.74) is 1.69. The molecule has 0 bridgehead atoms. The molecule has 214 valence electrons. The number of fused-ring (bicyclic) bond motifs is 2. The third-order valence-electron chi connectivity index (χ3n) is 7.44. The first-order chi connectivity index (χ1) is 19.9. The fraction of sp³-hybridized carbons (Fsp3) is 0.379. The Morgan fingerprint density at radius 1 is 1.22 bits per heavy atom. The highest BCUT2D eigenvalue weighted by Gasteiger charge is 2.32. The summed E-state index contributed by atoms with van der Waals surface area (Å²) in [5.74, 6) is 0.557. The van der Waals surface area contributed by atoms with Crippen molar-refractivity contribution in [2.75, 3.05) is 56.6 Å². The van der Waals surface area contributed by atoms with Crippen LogP contribution in [0.2, 0.25) is 5.02 Å². The Kier molecular flexibility index (Phi) is 8.00. The second-order valence-corrected chi connectivity index (χ2v) is 11.0. The van der Waals surface area contributed by atoms with Gasteiger partial charge in [0.15, 0.2) is 0 Å². The van der Waals surface area contributed by atoms with Gasteiger partial charge >= 0.3 is 5.97 Å². The molecule has 3 aliphatic rings. The number of rotatable bonds is 9. The molecule has 12 heteroatoms. The van der Waals surface area contributed by atoms with Crippen molar-refractivity contribution in [2.24, 2.45) is 5.92 Å². The molecule has 10 nitrogen and oxygen atoms in total. The average molecular weight is 581 g/mol. The van der Waals surface area contributed by atoms with Gasteiger partial charge in [-0.05, 0) is 43.0 Å². The Balaban J connectivity index is 1.17. The summed E-state index contributed by atoms with van der Waals surface area (Å²) in [4.78, 5) is 37.6. The van der Waals surface area contributed by atoms with Gasteiger partial charge in [-0.1, -0.05) is 17.7 Å². The first-order valence-electron chi connectivity index (χ1n) is 13.6. The number of morpholine rings is 1. The lowest BCUT2D eigenvalue weighted by molar-refractivity contribution is -0.157. The topological polar surface area (TPSA) is 109 Å². The quantitative estimate of drug-likeness (QED) is 0.287. The highest BCUT2D eigenvalue weighted by molar-refractivity contribution is 6.31. The Morgan fingerprint density at radius 2 is 2.10 bits per heavy atom. The summed E-state index contributed by atoms with van der Waals surface area (Å²) < 4.78 is 24.9. The Hall–Kier alpha value is -3.80. The molecule has 2 saturated heterocycles. The van der Waals surface area contributed by atoms with E-state index in [-0.39, 0.29) is 22.9 Å². The number of halogens is 2. The van der Waals surface area contributed by atoms with Gasteiger partial charge in [0, 0.05) is 49.4 Å². The minimum Gasteiger partial charge on any atom is -0.491 e. The number of benzene rings is 2. The molecule has 6 rings (SSSR count). The number of aromatic nitrogens is 2. The molecule has 1 aliphatic carbocycles. The van der Waals surface area contributed by atoms with Crippen molar-refractivity contribution >= 4 is 51.6 Å². The number of piperazine rings is 1. The molecular weight excluding hydrogens is 551 g/mol. The molecule has 1 amide bonds. The summed E-state index contributed by atoms with van der Waals surface area (Å²) in [6, 6.07) is 8.07. The molecule has 2 aliphatic heterocycles. The molecule has 0 radical (unpaired) electrons. The molecule has 41 heavy (non-hydrogen) atoms. The van der Waals surface area contributed by atoms with Crippen LogP contribution in [0, 0.1) is 11.7 Å². The number of anilines is 3. The van der Waals surface area contributed by atoms with Gasteiger partial charge in [0.25, 0.3) is 0 Å². The minimum absolute atomic E-state index is 0.00656. The number of hydrogen-bond acceptors (Lipinski definition) is 9. The normalized spacial score (nSPS) is 19.7. The van der Waals surface area contributed by atoms with E-state index in [2.05, 4.69) is 30.4 Å². The van der Waals surface area contributed by atoms with Gasteiger partial charge in [-0.25, -0.2) is 14.4 Å². The molecule has 1 saturated carbocycles. The summed E-state index contributed by atoms with van der Waals surface area (Å²) >= 11 is 5.95. The lowest BCUT2D eigenvalue weighted by Crippen LogP contribution is -2.59. The molecule has 3 heterocycles. The van der Waals surface area contributed by atoms with Crippen LogP contribution < -0.4 is 15.4 Å². The number of carbonyl (C=O) groups excluding carboxylic acids is 2. The number of esters is 1. The number of nitrogens with one attached hydrogen (secondary N) is 2. The van der Waals surface area contributed by atoms with E-state index < -0.39 is 5.82 Å². The van der Waals surface area contributed by atoms with Gasteiger partial charge in [-0.15, -0.1) is 0 Å². The second-order valence-electron chi connectivity index (χ2n) is 10.6. The van der Waals surface area contributed by atoms with Crippen molar-refractivity contribution in [3.05, 3.63) is 59.7 Å². The van der Waals surface area contributed by atoms with Crippen LogP contribution in [-0.2, 0) is 14.3 Å². The Morgan fingerprint density at radius 3 is 2.93 bits per heavy atom. The largest absolute Gasteiger partial charge is 0.491 e. The first-order valence-corrected chi connectivity index (χ1v) is 14.0. The maximum atomic E-state index is 13.7. The third kappa shape index (κ3) is 6.75. The zero-order valence-electron chi connectivity index (χ0n) is 22.3. The van der Waals surface area contributed by atoms with E-state index in [0.29, 0.717) is 66.1 Å². The summed E-state index contributed by atoms with van der Waals surface area (Å²) in [6.45, 7) is 4.30. The molecule has 3 fully saturated rings. The molecule has 2 N–H and O–H groups in total. The van der Waals surface area contributed by atoms with Crippen LogP contribution >= 0.6 is 11.6 Å². The van der Waals surface area contributed by atoms with Crippen molar-refractivity contribution < 1.29 is 23.5 Å². The molecule has 2 aromatic carbocycles. The molecular formula is C29H30ClFN6O4. The van der Waals surface area contributed by atoms with Crippen LogP contribution in [0.15, 0.2) is 48.8 Å². The smallest absolute Gasteiger partial charge is 0.320 e. The van der Waals surface area contributed by atoms with Gasteiger partial charge in [-0.3, -0.25) is 19.4 Å². The van der Waals surface area contributed by atoms with Gasteiger partial charge < -0.3 is 20.1 Å². The van der Waals surface area contributed by atoms with Crippen LogP contribution in [-0.4, -0.2) is 83.6 Å². The standard InChI is InChI=1S/C29H30ClFN6O4/c30-22-10-19(5-6-23(22)31)34-29-21-11-25(26(40-15-18-3-4-18)12-24(21)32-17-33-29)35-27(38)2-1-7-36-8-9-37-14-28(39)41-16-20(37)13-36/h1-2,5-6,10-12,17-18,20H,3-4,7-9,13-16H2,(H,35,38)(H,32,33,34). The molecule has 1 aromatic heterocycles. The van der Waals surface area contributed by atoms with Crippen LogP contribution in [0.5, 0.6) is 5.75 Å². The van der Waals surface area contributed by atoms with Crippen LogP contribution in [0.25, 0.3) is 10.9 Å². The Bertz CT molecular complexity index is 1500. The fourth-order valence-corrected chi connectivity index (χ4v) is 5.16.